The van der Waals surface area contributed by atoms with Gasteiger partial charge in [0.05, 0.1) is 0 Å². The summed E-state index contributed by atoms with van der Waals surface area (Å²) >= 11 is 0. The Kier molecular flexibility index (Phi) is 3.99. The lowest BCUT2D eigenvalue weighted by Gasteiger charge is -2.34. The molecule has 2 aromatic carbocycles. The van der Waals surface area contributed by atoms with Gasteiger partial charge >= 0.3 is 0 Å². The number of para-hydroxylation sites is 1. The van der Waals surface area contributed by atoms with Crippen LogP contribution >= 0.6 is 10.9 Å². The molecular weight excluding hydrogens is 276 g/mol. The van der Waals surface area contributed by atoms with Crippen LogP contribution in [0.5, 0.6) is 11.5 Å². The minimum absolute atomic E-state index is 0.158. The number of hydrogen-bond donors (Lipinski definition) is 1. The summed E-state index contributed by atoms with van der Waals surface area (Å²) in [6.45, 7) is 9.40. The van der Waals surface area contributed by atoms with Gasteiger partial charge in [-0.3, -0.25) is 0 Å². The predicted octanol–water partition coefficient (Wildman–Crippen LogP) is 5.56. The number of rotatable bonds is 3. The monoisotopic (exact) mass is 300 g/mol. The van der Waals surface area contributed by atoms with Gasteiger partial charge in [0.25, 0.3) is 0 Å². The average molecular weight is 300 g/mol. The van der Waals surface area contributed by atoms with Crippen molar-refractivity contribution in [3.05, 3.63) is 53.6 Å². The minimum Gasteiger partial charge on any atom is -0.457 e. The Balaban J connectivity index is 2.07. The molecule has 0 spiro atoms. The molecule has 2 aromatic rings. The van der Waals surface area contributed by atoms with Crippen LogP contribution in [0.25, 0.3) is 0 Å². The molecule has 1 aliphatic heterocycles. The minimum atomic E-state index is -0.158. The molecular formula is C19H24OS. The molecule has 0 radical (unpaired) electrons. The van der Waals surface area contributed by atoms with Gasteiger partial charge in [-0.1, -0.05) is 52.0 Å². The van der Waals surface area contributed by atoms with E-state index in [-0.39, 0.29) is 10.9 Å². The fraction of sp³-hybridized carbons (Fsp3) is 0.368. The highest BCUT2D eigenvalue weighted by atomic mass is 32.2. The first-order chi connectivity index (χ1) is 10.1. The number of benzene rings is 2. The molecule has 0 fully saturated rings. The van der Waals surface area contributed by atoms with Gasteiger partial charge in [-0.05, 0) is 39.2 Å². The lowest BCUT2D eigenvalue weighted by atomic mass is 10.0. The highest BCUT2D eigenvalue weighted by Gasteiger charge is 2.24. The van der Waals surface area contributed by atoms with E-state index in [4.69, 9.17) is 4.74 Å². The van der Waals surface area contributed by atoms with Gasteiger partial charge in [0, 0.05) is 12.0 Å². The normalized spacial score (nSPS) is 13.7. The molecule has 0 saturated heterocycles. The molecule has 1 nitrogen and oxygen atoms in total. The van der Waals surface area contributed by atoms with Gasteiger partial charge < -0.3 is 4.74 Å². The molecule has 1 heterocycles. The quantitative estimate of drug-likeness (QED) is 0.623. The fourth-order valence-electron chi connectivity index (χ4n) is 3.28. The summed E-state index contributed by atoms with van der Waals surface area (Å²) < 4.78 is 6.14. The van der Waals surface area contributed by atoms with Crippen LogP contribution in [0.2, 0.25) is 0 Å². The Labute approximate surface area is 130 Å². The molecule has 0 bridgehead atoms. The van der Waals surface area contributed by atoms with E-state index in [0.29, 0.717) is 10.5 Å². The second-order valence-electron chi connectivity index (χ2n) is 6.24. The third kappa shape index (κ3) is 2.69. The standard InChI is InChI=1S/C19H24OS/c1-13(2)21(14(3)4)19-11-7-10-18-16(19)12-15-8-5-6-9-17(15)20-18/h5-11,13-14,21H,12H2,1-4H3. The van der Waals surface area contributed by atoms with Crippen LogP contribution < -0.4 is 4.74 Å². The van der Waals surface area contributed by atoms with Crippen molar-refractivity contribution in [2.24, 2.45) is 0 Å². The average Bonchev–Trinajstić information content (AvgIpc) is 2.45. The zero-order valence-electron chi connectivity index (χ0n) is 13.3. The van der Waals surface area contributed by atoms with Crippen molar-refractivity contribution in [3.63, 3.8) is 0 Å². The molecule has 0 atom stereocenters. The van der Waals surface area contributed by atoms with E-state index in [0.717, 1.165) is 17.9 Å². The zero-order chi connectivity index (χ0) is 15.0. The van der Waals surface area contributed by atoms with Crippen molar-refractivity contribution in [2.75, 3.05) is 0 Å². The lowest BCUT2D eigenvalue weighted by molar-refractivity contribution is 0.457. The van der Waals surface area contributed by atoms with Gasteiger partial charge in [0.1, 0.15) is 11.5 Å². The number of ether oxygens (including phenoxy) is 1. The van der Waals surface area contributed by atoms with E-state index in [1.165, 1.54) is 16.0 Å². The van der Waals surface area contributed by atoms with Crippen LogP contribution in [0.15, 0.2) is 47.4 Å². The summed E-state index contributed by atoms with van der Waals surface area (Å²) in [5, 5.41) is 1.40. The number of hydrogen-bond acceptors (Lipinski definition) is 1. The molecule has 0 saturated carbocycles. The van der Waals surface area contributed by atoms with Crippen LogP contribution in [0, 0.1) is 0 Å². The van der Waals surface area contributed by atoms with Gasteiger partial charge in [-0.2, -0.15) is 0 Å². The summed E-state index contributed by atoms with van der Waals surface area (Å²) in [6.07, 6.45) is 1.000. The highest BCUT2D eigenvalue weighted by Crippen LogP contribution is 2.50. The highest BCUT2D eigenvalue weighted by molar-refractivity contribution is 8.18. The molecule has 0 amide bonds. The first-order valence-electron chi connectivity index (χ1n) is 7.74. The van der Waals surface area contributed by atoms with Crippen LogP contribution in [-0.2, 0) is 6.42 Å². The first-order valence-corrected chi connectivity index (χ1v) is 9.22. The maximum atomic E-state index is 6.14. The molecule has 2 heteroatoms. The molecule has 1 aliphatic rings. The second kappa shape index (κ2) is 5.76. The van der Waals surface area contributed by atoms with Crippen LogP contribution in [-0.4, -0.2) is 10.5 Å². The van der Waals surface area contributed by atoms with E-state index < -0.39 is 0 Å². The Hall–Kier alpha value is -1.41. The van der Waals surface area contributed by atoms with E-state index in [2.05, 4.69) is 64.1 Å². The first kappa shape index (κ1) is 14.5. The van der Waals surface area contributed by atoms with Gasteiger partial charge in [0.15, 0.2) is 0 Å². The molecule has 3 rings (SSSR count). The van der Waals surface area contributed by atoms with E-state index >= 15 is 0 Å². The SMILES string of the molecule is CC(C)[SH](c1cccc2c1Cc1ccccc1O2)C(C)C. The summed E-state index contributed by atoms with van der Waals surface area (Å²) in [4.78, 5) is 1.53. The van der Waals surface area contributed by atoms with Crippen LogP contribution in [0.1, 0.15) is 38.8 Å². The molecule has 0 aromatic heterocycles. The summed E-state index contributed by atoms with van der Waals surface area (Å²) in [6, 6.07) is 15.0. The largest absolute Gasteiger partial charge is 0.457 e. The Bertz CT molecular complexity index is 638. The van der Waals surface area contributed by atoms with E-state index in [1.54, 1.807) is 0 Å². The third-order valence-electron chi connectivity index (χ3n) is 4.06. The molecule has 112 valence electrons. The maximum absolute atomic E-state index is 6.14. The van der Waals surface area contributed by atoms with Crippen molar-refractivity contribution in [1.29, 1.82) is 0 Å². The van der Waals surface area contributed by atoms with E-state index in [9.17, 15) is 0 Å². The summed E-state index contributed by atoms with van der Waals surface area (Å²) in [5.74, 6) is 2.07. The van der Waals surface area contributed by atoms with Crippen LogP contribution in [0.4, 0.5) is 0 Å². The third-order valence-corrected chi connectivity index (χ3v) is 7.26. The lowest BCUT2D eigenvalue weighted by Crippen LogP contribution is -2.12. The predicted molar refractivity (Wildman–Crippen MR) is 93.3 cm³/mol. The number of thiol groups is 1. The van der Waals surface area contributed by atoms with Crippen molar-refractivity contribution in [3.8, 4) is 11.5 Å². The summed E-state index contributed by atoms with van der Waals surface area (Å²) in [7, 11) is -0.158. The van der Waals surface area contributed by atoms with Gasteiger partial charge in [-0.15, -0.1) is 0 Å². The maximum Gasteiger partial charge on any atom is 0.132 e. The van der Waals surface area contributed by atoms with Crippen LogP contribution in [0.3, 0.4) is 0 Å². The molecule has 21 heavy (non-hydrogen) atoms. The molecule has 0 N–H and O–H groups in total. The van der Waals surface area contributed by atoms with E-state index in [1.807, 2.05) is 6.07 Å². The van der Waals surface area contributed by atoms with Crippen molar-refractivity contribution >= 4 is 10.9 Å². The topological polar surface area (TPSA) is 9.23 Å². The van der Waals surface area contributed by atoms with Crippen molar-refractivity contribution < 1.29 is 4.74 Å². The van der Waals surface area contributed by atoms with Crippen molar-refractivity contribution in [2.45, 2.75) is 49.5 Å². The number of fused-ring (bicyclic) bond motifs is 2. The smallest absolute Gasteiger partial charge is 0.132 e. The molecule has 0 aliphatic carbocycles. The van der Waals surface area contributed by atoms with Gasteiger partial charge in [-0.25, -0.2) is 10.9 Å². The zero-order valence-corrected chi connectivity index (χ0v) is 14.2. The summed E-state index contributed by atoms with van der Waals surface area (Å²) in [5.41, 5.74) is 2.71. The Morgan fingerprint density at radius 1 is 0.857 bits per heavy atom. The fourth-order valence-corrected chi connectivity index (χ4v) is 6.34. The van der Waals surface area contributed by atoms with Crippen molar-refractivity contribution in [1.82, 2.24) is 0 Å². The Morgan fingerprint density at radius 2 is 1.52 bits per heavy atom. The second-order valence-corrected chi connectivity index (χ2v) is 9.60. The Morgan fingerprint density at radius 3 is 2.24 bits per heavy atom. The molecule has 0 unspecified atom stereocenters. The van der Waals surface area contributed by atoms with Gasteiger partial charge in [0.2, 0.25) is 0 Å².